The number of nitrogens with zero attached hydrogens (tertiary/aromatic N) is 3. The normalized spacial score (nSPS) is 28.8. The van der Waals surface area contributed by atoms with Gasteiger partial charge in [0.25, 0.3) is 5.91 Å². The Morgan fingerprint density at radius 1 is 1.00 bits per heavy atom. The topological polar surface area (TPSA) is 204 Å². The number of fused-ring (bicyclic) bond motifs is 3. The summed E-state index contributed by atoms with van der Waals surface area (Å²) in [7, 11) is -1.78. The van der Waals surface area contributed by atoms with Crippen molar-refractivity contribution >= 4 is 44.9 Å². The standard InChI is InChI=1S/C40H53F3N6O10S/c1-21-11-9-10-12-23-19-39(23,35(52)48-60(54,55)38(6)13-14-38)47-32(50)27-16-24(20-49(27)34(51)30(22(2)15-21)46-36(53)59-37(3,4)5)58-29-18-26-25(17-28(29)56-7)44-31(40(41,42)43)33(45-26)57-8/h10,12,17-18,21-24,27,30H,9,11,13-16,19-20H2,1-8H3,(H,46,53)(H,47,50)(H,48,52)/b12-10-/t21-,22-,23-,24-,27+,30+,39-/m1/s1. The van der Waals surface area contributed by atoms with Crippen LogP contribution in [0.1, 0.15) is 92.2 Å². The molecule has 3 N–H and O–H groups in total. The van der Waals surface area contributed by atoms with Crippen LogP contribution in [0.15, 0.2) is 24.3 Å². The van der Waals surface area contributed by atoms with E-state index in [2.05, 4.69) is 25.3 Å². The molecule has 1 aromatic heterocycles. The molecule has 330 valence electrons. The number of nitrogens with one attached hydrogen (secondary N) is 3. The van der Waals surface area contributed by atoms with Crippen LogP contribution in [-0.4, -0.2) is 102 Å². The maximum absolute atomic E-state index is 14.8. The lowest BCUT2D eigenvalue weighted by atomic mass is 9.88. The third kappa shape index (κ3) is 9.37. The van der Waals surface area contributed by atoms with Crippen LogP contribution in [0.2, 0.25) is 0 Å². The number of methoxy groups -OCH3 is 2. The lowest BCUT2D eigenvalue weighted by Gasteiger charge is -2.33. The Morgan fingerprint density at radius 3 is 2.28 bits per heavy atom. The SMILES string of the molecule is COc1cc2nc(C(F)(F)F)c(OC)nc2cc1O[C@@H]1C[C@H]2C(=O)N[C@]3(C(=O)NS(=O)(=O)C4(C)CC4)C[C@H]3/C=C\CC[C@@H](C)C[C@@H](C)[C@H](NC(=O)OC(C)(C)C)C(=O)N2C1. The first-order valence-corrected chi connectivity index (χ1v) is 21.4. The predicted molar refractivity (Wildman–Crippen MR) is 210 cm³/mol. The summed E-state index contributed by atoms with van der Waals surface area (Å²) in [5, 5.41) is 5.55. The van der Waals surface area contributed by atoms with Gasteiger partial charge in [-0.15, -0.1) is 0 Å². The highest BCUT2D eigenvalue weighted by Crippen LogP contribution is 2.48. The molecule has 6 rings (SSSR count). The summed E-state index contributed by atoms with van der Waals surface area (Å²) in [5.74, 6) is -3.97. The number of alkyl carbamates (subject to hydrolysis) is 1. The van der Waals surface area contributed by atoms with Crippen molar-refractivity contribution in [3.8, 4) is 17.4 Å². The molecule has 16 nitrogen and oxygen atoms in total. The first kappa shape index (κ1) is 44.7. The highest BCUT2D eigenvalue weighted by Gasteiger charge is 2.63. The van der Waals surface area contributed by atoms with E-state index in [4.69, 9.17) is 18.9 Å². The molecule has 3 fully saturated rings. The maximum Gasteiger partial charge on any atom is 0.438 e. The van der Waals surface area contributed by atoms with E-state index in [9.17, 15) is 40.8 Å². The highest BCUT2D eigenvalue weighted by atomic mass is 32.2. The van der Waals surface area contributed by atoms with Crippen molar-refractivity contribution in [3.63, 3.8) is 0 Å². The van der Waals surface area contributed by atoms with Crippen LogP contribution in [-0.2, 0) is 35.3 Å². The molecular weight excluding hydrogens is 814 g/mol. The minimum absolute atomic E-state index is 0.00866. The van der Waals surface area contributed by atoms with Crippen molar-refractivity contribution in [1.29, 1.82) is 0 Å². The second-order valence-corrected chi connectivity index (χ2v) is 19.9. The number of alkyl halides is 3. The molecule has 7 atom stereocenters. The van der Waals surface area contributed by atoms with Crippen molar-refractivity contribution in [3.05, 3.63) is 30.0 Å². The molecule has 0 unspecified atom stereocenters. The summed E-state index contributed by atoms with van der Waals surface area (Å²) < 4.78 is 91.0. The number of amides is 4. The molecule has 60 heavy (non-hydrogen) atoms. The monoisotopic (exact) mass is 866 g/mol. The Balaban J connectivity index is 1.37. The lowest BCUT2D eigenvalue weighted by molar-refractivity contribution is -0.142. The van der Waals surface area contributed by atoms with E-state index >= 15 is 0 Å². The predicted octanol–water partition coefficient (Wildman–Crippen LogP) is 4.79. The van der Waals surface area contributed by atoms with Crippen molar-refractivity contribution < 1.29 is 59.7 Å². The minimum Gasteiger partial charge on any atom is -0.493 e. The van der Waals surface area contributed by atoms with Gasteiger partial charge in [-0.3, -0.25) is 19.1 Å². The van der Waals surface area contributed by atoms with Gasteiger partial charge in [-0.05, 0) is 78.1 Å². The second kappa shape index (κ2) is 16.2. The van der Waals surface area contributed by atoms with E-state index < -0.39 is 97.5 Å². The van der Waals surface area contributed by atoms with Crippen molar-refractivity contribution in [2.45, 2.75) is 127 Å². The molecule has 2 aliphatic heterocycles. The third-order valence-electron chi connectivity index (χ3n) is 11.6. The smallest absolute Gasteiger partial charge is 0.438 e. The Labute approximate surface area is 346 Å². The average Bonchev–Trinajstić information content (AvgIpc) is 4.03. The Bertz CT molecular complexity index is 2180. The van der Waals surface area contributed by atoms with E-state index in [0.29, 0.717) is 32.1 Å². The number of aromatic nitrogens is 2. The Kier molecular flexibility index (Phi) is 12.1. The number of ether oxygens (including phenoxy) is 4. The fourth-order valence-electron chi connectivity index (χ4n) is 7.84. The summed E-state index contributed by atoms with van der Waals surface area (Å²) in [6.07, 6.45) is -0.434. The first-order chi connectivity index (χ1) is 27.9. The number of benzene rings is 1. The fourth-order valence-corrected chi connectivity index (χ4v) is 9.15. The van der Waals surface area contributed by atoms with Crippen LogP contribution in [0.4, 0.5) is 18.0 Å². The molecule has 4 amide bonds. The van der Waals surface area contributed by atoms with Crippen LogP contribution in [0.25, 0.3) is 11.0 Å². The molecule has 0 radical (unpaired) electrons. The van der Waals surface area contributed by atoms with Crippen LogP contribution in [0.5, 0.6) is 17.4 Å². The molecular formula is C40H53F3N6O10S. The Morgan fingerprint density at radius 2 is 1.67 bits per heavy atom. The largest absolute Gasteiger partial charge is 0.493 e. The lowest BCUT2D eigenvalue weighted by Crippen LogP contribution is -2.59. The summed E-state index contributed by atoms with van der Waals surface area (Å²) in [5.41, 5.74) is -4.07. The molecule has 0 spiro atoms. The molecule has 2 saturated carbocycles. The van der Waals surface area contributed by atoms with E-state index in [1.807, 2.05) is 19.9 Å². The van der Waals surface area contributed by atoms with Gasteiger partial charge in [-0.1, -0.05) is 26.0 Å². The van der Waals surface area contributed by atoms with Gasteiger partial charge in [0, 0.05) is 24.5 Å². The molecule has 20 heteroatoms. The number of hydrogen-bond donors (Lipinski definition) is 3. The number of allylic oxidation sites excluding steroid dienone is 1. The summed E-state index contributed by atoms with van der Waals surface area (Å²) in [6, 6.07) is 0.0438. The average molecular weight is 867 g/mol. The van der Waals surface area contributed by atoms with Gasteiger partial charge in [-0.2, -0.15) is 13.2 Å². The van der Waals surface area contributed by atoms with Crippen molar-refractivity contribution in [2.24, 2.45) is 17.8 Å². The third-order valence-corrected chi connectivity index (χ3v) is 13.8. The van der Waals surface area contributed by atoms with Gasteiger partial charge in [-0.25, -0.2) is 23.2 Å². The second-order valence-electron chi connectivity index (χ2n) is 17.7. The van der Waals surface area contributed by atoms with Gasteiger partial charge >= 0.3 is 12.3 Å². The van der Waals surface area contributed by atoms with Gasteiger partial charge in [0.05, 0.1) is 36.5 Å². The molecule has 2 aromatic rings. The number of halogens is 3. The zero-order valence-corrected chi connectivity index (χ0v) is 35.7. The van der Waals surface area contributed by atoms with Gasteiger partial charge in [0.2, 0.25) is 33.4 Å². The van der Waals surface area contributed by atoms with E-state index in [1.165, 1.54) is 24.1 Å². The number of carbonyl (C=O) groups is 4. The zero-order chi connectivity index (χ0) is 44.2. The number of carbonyl (C=O) groups excluding carboxylic acids is 4. The molecule has 0 bridgehead atoms. The molecule has 3 heterocycles. The van der Waals surface area contributed by atoms with Crippen LogP contribution >= 0.6 is 0 Å². The number of rotatable bonds is 8. The quantitative estimate of drug-likeness (QED) is 0.307. The van der Waals surface area contributed by atoms with Gasteiger partial charge in [0.15, 0.2) is 11.5 Å². The zero-order valence-electron chi connectivity index (χ0n) is 34.9. The molecule has 2 aliphatic carbocycles. The van der Waals surface area contributed by atoms with Crippen LogP contribution < -0.4 is 29.6 Å². The van der Waals surface area contributed by atoms with Crippen molar-refractivity contribution in [1.82, 2.24) is 30.2 Å². The molecule has 4 aliphatic rings. The van der Waals surface area contributed by atoms with E-state index in [-0.39, 0.29) is 47.8 Å². The summed E-state index contributed by atoms with van der Waals surface area (Å²) >= 11 is 0. The fraction of sp³-hybridized carbons (Fsp3) is 0.650. The maximum atomic E-state index is 14.8. The van der Waals surface area contributed by atoms with Gasteiger partial charge in [0.1, 0.15) is 29.3 Å². The van der Waals surface area contributed by atoms with Crippen molar-refractivity contribution in [2.75, 3.05) is 20.8 Å². The molecule has 1 saturated heterocycles. The van der Waals surface area contributed by atoms with E-state index in [1.54, 1.807) is 33.8 Å². The minimum atomic E-state index is -4.87. The van der Waals surface area contributed by atoms with Crippen LogP contribution in [0.3, 0.4) is 0 Å². The summed E-state index contributed by atoms with van der Waals surface area (Å²) in [6.45, 7) is 10.2. The highest BCUT2D eigenvalue weighted by molar-refractivity contribution is 7.91. The number of hydrogen-bond acceptors (Lipinski definition) is 12. The van der Waals surface area contributed by atoms with Crippen LogP contribution in [0, 0.1) is 17.8 Å². The first-order valence-electron chi connectivity index (χ1n) is 19.9. The van der Waals surface area contributed by atoms with E-state index in [0.717, 1.165) is 7.11 Å². The number of sulfonamides is 1. The Hall–Kier alpha value is -4.88. The molecule has 1 aromatic carbocycles. The summed E-state index contributed by atoms with van der Waals surface area (Å²) in [4.78, 5) is 65.5. The van der Waals surface area contributed by atoms with Gasteiger partial charge < -0.3 is 34.5 Å².